The van der Waals surface area contributed by atoms with Crippen molar-refractivity contribution in [1.29, 1.82) is 0 Å². The zero-order valence-corrected chi connectivity index (χ0v) is 18.8. The van der Waals surface area contributed by atoms with E-state index in [9.17, 15) is 4.79 Å². The summed E-state index contributed by atoms with van der Waals surface area (Å²) < 4.78 is 13.2. The Labute approximate surface area is 187 Å². The highest BCUT2D eigenvalue weighted by Gasteiger charge is 2.14. The lowest BCUT2D eigenvalue weighted by Crippen LogP contribution is -2.37. The molecule has 2 heterocycles. The predicted octanol–water partition coefficient (Wildman–Crippen LogP) is 3.60. The summed E-state index contributed by atoms with van der Waals surface area (Å²) in [5.41, 5.74) is 1.91. The Morgan fingerprint density at radius 3 is 2.68 bits per heavy atom. The maximum Gasteiger partial charge on any atom is 0.262 e. The number of nitrogens with zero attached hydrogens (tertiary/aromatic N) is 3. The number of hydrogen-bond donors (Lipinski definition) is 0. The quantitative estimate of drug-likeness (QED) is 0.289. The van der Waals surface area contributed by atoms with Crippen molar-refractivity contribution < 1.29 is 9.47 Å². The SMILES string of the molecule is Cc1ccccc1OCCSc1nc2ccccc2c(=O)n1CCCN1CCOCC1. The molecule has 6 nitrogen and oxygen atoms in total. The van der Waals surface area contributed by atoms with Crippen LogP contribution in [0.2, 0.25) is 0 Å². The smallest absolute Gasteiger partial charge is 0.262 e. The molecule has 0 spiro atoms. The molecule has 0 saturated carbocycles. The molecule has 0 radical (unpaired) electrons. The van der Waals surface area contributed by atoms with E-state index in [0.29, 0.717) is 18.5 Å². The maximum absolute atomic E-state index is 13.2. The molecule has 1 aliphatic rings. The third-order valence-electron chi connectivity index (χ3n) is 5.45. The van der Waals surface area contributed by atoms with E-state index in [1.54, 1.807) is 11.8 Å². The molecule has 2 aromatic carbocycles. The summed E-state index contributed by atoms with van der Waals surface area (Å²) in [7, 11) is 0. The number of ether oxygens (including phenoxy) is 2. The Hall–Kier alpha value is -2.35. The summed E-state index contributed by atoms with van der Waals surface area (Å²) in [6, 6.07) is 15.6. The van der Waals surface area contributed by atoms with Crippen molar-refractivity contribution in [1.82, 2.24) is 14.5 Å². The second-order valence-electron chi connectivity index (χ2n) is 7.64. The number of fused-ring (bicyclic) bond motifs is 1. The van der Waals surface area contributed by atoms with Gasteiger partial charge in [-0.3, -0.25) is 14.3 Å². The van der Waals surface area contributed by atoms with Crippen LogP contribution in [-0.4, -0.2) is 59.7 Å². The van der Waals surface area contributed by atoms with Crippen LogP contribution in [0.15, 0.2) is 58.5 Å². The number of aromatic nitrogens is 2. The lowest BCUT2D eigenvalue weighted by molar-refractivity contribution is 0.0368. The summed E-state index contributed by atoms with van der Waals surface area (Å²) >= 11 is 1.58. The van der Waals surface area contributed by atoms with Crippen LogP contribution in [-0.2, 0) is 11.3 Å². The van der Waals surface area contributed by atoms with Crippen LogP contribution < -0.4 is 10.3 Å². The summed E-state index contributed by atoms with van der Waals surface area (Å²) in [6.07, 6.45) is 0.910. The number of morpholine rings is 1. The molecule has 0 amide bonds. The van der Waals surface area contributed by atoms with E-state index in [-0.39, 0.29) is 5.56 Å². The van der Waals surface area contributed by atoms with Gasteiger partial charge < -0.3 is 9.47 Å². The molecule has 164 valence electrons. The third kappa shape index (κ3) is 5.67. The normalized spacial score (nSPS) is 14.7. The van der Waals surface area contributed by atoms with Crippen molar-refractivity contribution in [3.05, 3.63) is 64.4 Å². The Bertz CT molecular complexity index is 1060. The Morgan fingerprint density at radius 2 is 1.84 bits per heavy atom. The number of para-hydroxylation sites is 2. The van der Waals surface area contributed by atoms with Crippen molar-refractivity contribution in [2.24, 2.45) is 0 Å². The van der Waals surface area contributed by atoms with E-state index in [1.807, 2.05) is 60.0 Å². The van der Waals surface area contributed by atoms with E-state index >= 15 is 0 Å². The number of aryl methyl sites for hydroxylation is 1. The average molecular weight is 440 g/mol. The Morgan fingerprint density at radius 1 is 1.06 bits per heavy atom. The van der Waals surface area contributed by atoms with E-state index in [1.165, 1.54) is 0 Å². The molecule has 0 N–H and O–H groups in total. The van der Waals surface area contributed by atoms with Crippen LogP contribution in [0.25, 0.3) is 10.9 Å². The summed E-state index contributed by atoms with van der Waals surface area (Å²) in [6.45, 7) is 7.73. The number of benzene rings is 2. The summed E-state index contributed by atoms with van der Waals surface area (Å²) in [4.78, 5) is 20.4. The molecule has 0 unspecified atom stereocenters. The van der Waals surface area contributed by atoms with E-state index in [0.717, 1.165) is 67.0 Å². The lowest BCUT2D eigenvalue weighted by Gasteiger charge is -2.26. The predicted molar refractivity (Wildman–Crippen MR) is 125 cm³/mol. The topological polar surface area (TPSA) is 56.6 Å². The summed E-state index contributed by atoms with van der Waals surface area (Å²) in [5.74, 6) is 1.63. The van der Waals surface area contributed by atoms with Gasteiger partial charge in [-0.05, 0) is 37.1 Å². The fraction of sp³-hybridized carbons (Fsp3) is 0.417. The molecule has 1 saturated heterocycles. The van der Waals surface area contributed by atoms with Crippen LogP contribution in [0.5, 0.6) is 5.75 Å². The van der Waals surface area contributed by atoms with Gasteiger partial charge in [0.05, 0.1) is 30.7 Å². The van der Waals surface area contributed by atoms with Crippen LogP contribution in [0, 0.1) is 6.92 Å². The van der Waals surface area contributed by atoms with Gasteiger partial charge in [0, 0.05) is 31.9 Å². The van der Waals surface area contributed by atoms with Gasteiger partial charge in [0.2, 0.25) is 0 Å². The minimum absolute atomic E-state index is 0.0369. The van der Waals surface area contributed by atoms with Gasteiger partial charge in [0.25, 0.3) is 5.56 Å². The Kier molecular flexibility index (Phi) is 7.61. The van der Waals surface area contributed by atoms with E-state index < -0.39 is 0 Å². The lowest BCUT2D eigenvalue weighted by atomic mass is 10.2. The van der Waals surface area contributed by atoms with Gasteiger partial charge in [-0.15, -0.1) is 0 Å². The minimum Gasteiger partial charge on any atom is -0.492 e. The fourth-order valence-electron chi connectivity index (χ4n) is 3.74. The molecule has 1 fully saturated rings. The van der Waals surface area contributed by atoms with E-state index in [2.05, 4.69) is 4.90 Å². The standard InChI is InChI=1S/C24H29N3O3S/c1-19-7-2-5-10-22(19)30-17-18-31-24-25-21-9-4-3-8-20(21)23(28)27(24)12-6-11-26-13-15-29-16-14-26/h2-5,7-10H,6,11-18H2,1H3. The molecule has 3 aromatic rings. The molecular formula is C24H29N3O3S. The molecular weight excluding hydrogens is 410 g/mol. The van der Waals surface area contributed by atoms with Crippen LogP contribution in [0.4, 0.5) is 0 Å². The van der Waals surface area contributed by atoms with Gasteiger partial charge in [-0.25, -0.2) is 4.98 Å². The zero-order valence-electron chi connectivity index (χ0n) is 18.0. The second-order valence-corrected chi connectivity index (χ2v) is 8.70. The van der Waals surface area contributed by atoms with Crippen LogP contribution in [0.1, 0.15) is 12.0 Å². The zero-order chi connectivity index (χ0) is 21.5. The second kappa shape index (κ2) is 10.8. The highest BCUT2D eigenvalue weighted by molar-refractivity contribution is 7.99. The van der Waals surface area contributed by atoms with Crippen molar-refractivity contribution in [2.75, 3.05) is 45.2 Å². The van der Waals surface area contributed by atoms with Crippen molar-refractivity contribution >= 4 is 22.7 Å². The number of rotatable bonds is 9. The molecule has 31 heavy (non-hydrogen) atoms. The third-order valence-corrected chi connectivity index (χ3v) is 6.39. The van der Waals surface area contributed by atoms with Gasteiger partial charge in [-0.1, -0.05) is 42.1 Å². The van der Waals surface area contributed by atoms with Crippen LogP contribution >= 0.6 is 11.8 Å². The molecule has 0 bridgehead atoms. The highest BCUT2D eigenvalue weighted by atomic mass is 32.2. The number of hydrogen-bond acceptors (Lipinski definition) is 6. The van der Waals surface area contributed by atoms with Crippen molar-refractivity contribution in [3.8, 4) is 5.75 Å². The van der Waals surface area contributed by atoms with Crippen LogP contribution in [0.3, 0.4) is 0 Å². The average Bonchev–Trinajstić information content (AvgIpc) is 2.80. The molecule has 0 atom stereocenters. The van der Waals surface area contributed by atoms with Gasteiger partial charge in [0.1, 0.15) is 5.75 Å². The molecule has 7 heteroatoms. The maximum atomic E-state index is 13.2. The first kappa shape index (κ1) is 21.9. The largest absolute Gasteiger partial charge is 0.492 e. The molecule has 4 rings (SSSR count). The first-order valence-corrected chi connectivity index (χ1v) is 11.8. The molecule has 1 aliphatic heterocycles. The number of thioether (sulfide) groups is 1. The molecule has 1 aromatic heterocycles. The highest BCUT2D eigenvalue weighted by Crippen LogP contribution is 2.20. The van der Waals surface area contributed by atoms with Crippen molar-refractivity contribution in [2.45, 2.75) is 25.0 Å². The summed E-state index contributed by atoms with van der Waals surface area (Å²) in [5, 5.41) is 1.44. The Balaban J connectivity index is 1.44. The molecule has 0 aliphatic carbocycles. The first-order valence-electron chi connectivity index (χ1n) is 10.8. The first-order chi connectivity index (χ1) is 15.2. The van der Waals surface area contributed by atoms with Gasteiger partial charge >= 0.3 is 0 Å². The fourth-order valence-corrected chi connectivity index (χ4v) is 4.58. The van der Waals surface area contributed by atoms with Gasteiger partial charge in [0.15, 0.2) is 5.16 Å². The van der Waals surface area contributed by atoms with Crippen molar-refractivity contribution in [3.63, 3.8) is 0 Å². The van der Waals surface area contributed by atoms with E-state index in [4.69, 9.17) is 14.5 Å². The minimum atomic E-state index is 0.0369. The van der Waals surface area contributed by atoms with Gasteiger partial charge in [-0.2, -0.15) is 0 Å². The monoisotopic (exact) mass is 439 g/mol.